The SMILES string of the molecule is CCOC(=O)c1c(-c2ccccc2)cc(C)cc1-c1ccccc1OC. The van der Waals surface area contributed by atoms with Gasteiger partial charge in [0, 0.05) is 11.1 Å². The highest BCUT2D eigenvalue weighted by Crippen LogP contribution is 2.38. The molecular formula is C23H22O3. The summed E-state index contributed by atoms with van der Waals surface area (Å²) in [6.45, 7) is 4.17. The maximum absolute atomic E-state index is 12.9. The van der Waals surface area contributed by atoms with E-state index < -0.39 is 0 Å². The Balaban J connectivity index is 2.33. The lowest BCUT2D eigenvalue weighted by Crippen LogP contribution is -2.09. The largest absolute Gasteiger partial charge is 0.496 e. The number of ether oxygens (including phenoxy) is 2. The van der Waals surface area contributed by atoms with Crippen molar-refractivity contribution in [3.8, 4) is 28.0 Å². The van der Waals surface area contributed by atoms with Crippen LogP contribution in [0.3, 0.4) is 0 Å². The molecule has 0 unspecified atom stereocenters. The van der Waals surface area contributed by atoms with Crippen molar-refractivity contribution in [2.24, 2.45) is 0 Å². The van der Waals surface area contributed by atoms with Crippen LogP contribution in [-0.4, -0.2) is 19.7 Å². The highest BCUT2D eigenvalue weighted by Gasteiger charge is 2.22. The summed E-state index contributed by atoms with van der Waals surface area (Å²) < 4.78 is 10.9. The minimum atomic E-state index is -0.327. The summed E-state index contributed by atoms with van der Waals surface area (Å²) in [5.74, 6) is 0.398. The summed E-state index contributed by atoms with van der Waals surface area (Å²) in [7, 11) is 1.64. The van der Waals surface area contributed by atoms with Gasteiger partial charge in [0.2, 0.25) is 0 Å². The van der Waals surface area contributed by atoms with Gasteiger partial charge < -0.3 is 9.47 Å². The molecule has 0 aliphatic rings. The van der Waals surface area contributed by atoms with Crippen LogP contribution in [0.4, 0.5) is 0 Å². The van der Waals surface area contributed by atoms with Gasteiger partial charge in [0.25, 0.3) is 0 Å². The van der Waals surface area contributed by atoms with E-state index in [2.05, 4.69) is 0 Å². The van der Waals surface area contributed by atoms with Crippen LogP contribution >= 0.6 is 0 Å². The van der Waals surface area contributed by atoms with Crippen LogP contribution in [0.5, 0.6) is 5.75 Å². The van der Waals surface area contributed by atoms with Gasteiger partial charge in [0.15, 0.2) is 0 Å². The zero-order chi connectivity index (χ0) is 18.5. The molecule has 26 heavy (non-hydrogen) atoms. The summed E-state index contributed by atoms with van der Waals surface area (Å²) in [4.78, 5) is 12.9. The number of carbonyl (C=O) groups is 1. The molecule has 0 atom stereocenters. The van der Waals surface area contributed by atoms with Gasteiger partial charge in [-0.25, -0.2) is 4.79 Å². The number of carbonyl (C=O) groups excluding carboxylic acids is 1. The minimum Gasteiger partial charge on any atom is -0.496 e. The number of esters is 1. The molecule has 0 aromatic heterocycles. The zero-order valence-corrected chi connectivity index (χ0v) is 15.3. The Morgan fingerprint density at radius 3 is 2.23 bits per heavy atom. The molecule has 0 bridgehead atoms. The van der Waals surface area contributed by atoms with Gasteiger partial charge in [-0.2, -0.15) is 0 Å². The third-order valence-electron chi connectivity index (χ3n) is 4.24. The van der Waals surface area contributed by atoms with E-state index in [1.807, 2.05) is 80.6 Å². The minimum absolute atomic E-state index is 0.326. The molecule has 0 amide bonds. The standard InChI is InChI=1S/C23H22O3/c1-4-26-23(24)22-19(17-10-6-5-7-11-17)14-16(2)15-20(22)18-12-8-9-13-21(18)25-3/h5-15H,4H2,1-3H3. The van der Waals surface area contributed by atoms with Crippen molar-refractivity contribution in [3.05, 3.63) is 77.9 Å². The lowest BCUT2D eigenvalue weighted by Gasteiger charge is -2.17. The fourth-order valence-corrected chi connectivity index (χ4v) is 3.13. The van der Waals surface area contributed by atoms with E-state index in [-0.39, 0.29) is 5.97 Å². The van der Waals surface area contributed by atoms with Crippen molar-refractivity contribution in [3.63, 3.8) is 0 Å². The van der Waals surface area contributed by atoms with E-state index in [0.29, 0.717) is 12.2 Å². The van der Waals surface area contributed by atoms with Crippen molar-refractivity contribution in [2.45, 2.75) is 13.8 Å². The smallest absolute Gasteiger partial charge is 0.339 e. The first kappa shape index (κ1) is 17.7. The van der Waals surface area contributed by atoms with Crippen LogP contribution in [-0.2, 0) is 4.74 Å². The lowest BCUT2D eigenvalue weighted by atomic mass is 9.89. The molecule has 0 N–H and O–H groups in total. The van der Waals surface area contributed by atoms with E-state index in [4.69, 9.17) is 9.47 Å². The van der Waals surface area contributed by atoms with Crippen molar-refractivity contribution in [1.29, 1.82) is 0 Å². The highest BCUT2D eigenvalue weighted by molar-refractivity contribution is 6.05. The number of hydrogen-bond donors (Lipinski definition) is 0. The van der Waals surface area contributed by atoms with E-state index in [9.17, 15) is 4.79 Å². The summed E-state index contributed by atoms with van der Waals surface area (Å²) in [5, 5.41) is 0. The van der Waals surface area contributed by atoms with Crippen LogP contribution in [0.2, 0.25) is 0 Å². The van der Waals surface area contributed by atoms with E-state index in [0.717, 1.165) is 33.6 Å². The lowest BCUT2D eigenvalue weighted by molar-refractivity contribution is 0.0528. The summed E-state index contributed by atoms with van der Waals surface area (Å²) in [5.41, 5.74) is 5.17. The van der Waals surface area contributed by atoms with Crippen molar-refractivity contribution in [2.75, 3.05) is 13.7 Å². The Morgan fingerprint density at radius 2 is 1.54 bits per heavy atom. The quantitative estimate of drug-likeness (QED) is 0.571. The first-order valence-corrected chi connectivity index (χ1v) is 8.66. The number of benzene rings is 3. The van der Waals surface area contributed by atoms with Gasteiger partial charge in [-0.3, -0.25) is 0 Å². The Kier molecular flexibility index (Phi) is 5.37. The summed E-state index contributed by atoms with van der Waals surface area (Å²) in [6.07, 6.45) is 0. The van der Waals surface area contributed by atoms with E-state index in [1.54, 1.807) is 7.11 Å². The second-order valence-electron chi connectivity index (χ2n) is 6.02. The molecule has 3 aromatic rings. The van der Waals surface area contributed by atoms with Crippen LogP contribution < -0.4 is 4.74 Å². The molecular weight excluding hydrogens is 324 g/mol. The average molecular weight is 346 g/mol. The topological polar surface area (TPSA) is 35.5 Å². The summed E-state index contributed by atoms with van der Waals surface area (Å²) in [6, 6.07) is 21.7. The molecule has 0 spiro atoms. The van der Waals surface area contributed by atoms with Gasteiger partial charge in [0.05, 0.1) is 19.3 Å². The molecule has 0 aliphatic heterocycles. The second-order valence-corrected chi connectivity index (χ2v) is 6.02. The predicted molar refractivity (Wildman–Crippen MR) is 105 cm³/mol. The van der Waals surface area contributed by atoms with Crippen LogP contribution in [0, 0.1) is 6.92 Å². The molecule has 3 heteroatoms. The monoisotopic (exact) mass is 346 g/mol. The Labute approximate surface area is 154 Å². The second kappa shape index (κ2) is 7.87. The number of rotatable bonds is 5. The van der Waals surface area contributed by atoms with Crippen molar-refractivity contribution >= 4 is 5.97 Å². The Hall–Kier alpha value is -3.07. The van der Waals surface area contributed by atoms with Gasteiger partial charge in [-0.05, 0) is 36.6 Å². The number of methoxy groups -OCH3 is 1. The summed E-state index contributed by atoms with van der Waals surface area (Å²) >= 11 is 0. The fraction of sp³-hybridized carbons (Fsp3) is 0.174. The Bertz CT molecular complexity index is 914. The average Bonchev–Trinajstić information content (AvgIpc) is 2.68. The molecule has 3 nitrogen and oxygen atoms in total. The fourth-order valence-electron chi connectivity index (χ4n) is 3.13. The molecule has 0 saturated heterocycles. The first-order valence-electron chi connectivity index (χ1n) is 8.66. The number of hydrogen-bond acceptors (Lipinski definition) is 3. The van der Waals surface area contributed by atoms with Gasteiger partial charge in [-0.1, -0.05) is 60.7 Å². The molecule has 0 radical (unpaired) electrons. The third-order valence-corrected chi connectivity index (χ3v) is 4.24. The van der Waals surface area contributed by atoms with Gasteiger partial charge >= 0.3 is 5.97 Å². The molecule has 0 aliphatic carbocycles. The van der Waals surface area contributed by atoms with E-state index >= 15 is 0 Å². The maximum Gasteiger partial charge on any atom is 0.339 e. The molecule has 132 valence electrons. The van der Waals surface area contributed by atoms with Gasteiger partial charge in [-0.15, -0.1) is 0 Å². The van der Waals surface area contributed by atoms with Crippen LogP contribution in [0.15, 0.2) is 66.7 Å². The highest BCUT2D eigenvalue weighted by atomic mass is 16.5. The van der Waals surface area contributed by atoms with Crippen LogP contribution in [0.1, 0.15) is 22.8 Å². The van der Waals surface area contributed by atoms with E-state index in [1.165, 1.54) is 0 Å². The molecule has 3 aromatic carbocycles. The first-order chi connectivity index (χ1) is 12.7. The van der Waals surface area contributed by atoms with Crippen molar-refractivity contribution in [1.82, 2.24) is 0 Å². The number of para-hydroxylation sites is 1. The molecule has 0 saturated carbocycles. The van der Waals surface area contributed by atoms with Crippen molar-refractivity contribution < 1.29 is 14.3 Å². The zero-order valence-electron chi connectivity index (χ0n) is 15.3. The Morgan fingerprint density at radius 1 is 0.885 bits per heavy atom. The predicted octanol–water partition coefficient (Wildman–Crippen LogP) is 5.51. The van der Waals surface area contributed by atoms with Gasteiger partial charge in [0.1, 0.15) is 5.75 Å². The normalized spacial score (nSPS) is 10.4. The molecule has 0 heterocycles. The third kappa shape index (κ3) is 3.47. The van der Waals surface area contributed by atoms with Crippen LogP contribution in [0.25, 0.3) is 22.3 Å². The maximum atomic E-state index is 12.9. The number of aryl methyl sites for hydroxylation is 1. The molecule has 0 fully saturated rings. The molecule has 3 rings (SSSR count).